The molecule has 1 aromatic carbocycles. The van der Waals surface area contributed by atoms with Crippen LogP contribution in [0, 0.1) is 0 Å². The zero-order valence-electron chi connectivity index (χ0n) is 6.27. The summed E-state index contributed by atoms with van der Waals surface area (Å²) in [4.78, 5) is 20.7. The van der Waals surface area contributed by atoms with Crippen molar-refractivity contribution >= 4 is 30.5 Å². The molecule has 1 aromatic rings. The molecule has 68 valence electrons. The minimum Gasteiger partial charge on any atom is -0.558 e. The fourth-order valence-corrected chi connectivity index (χ4v) is 1.48. The Balaban J connectivity index is 3.05. The van der Waals surface area contributed by atoms with E-state index in [-0.39, 0.29) is 11.3 Å². The molecular weight excluding hydrogens is 259 g/mol. The van der Waals surface area contributed by atoms with Gasteiger partial charge in [-0.3, -0.25) is 9.32 Å². The quantitative estimate of drug-likeness (QED) is 0.614. The highest BCUT2D eigenvalue weighted by atomic mass is 79.9. The molecule has 0 saturated heterocycles. The topological polar surface area (TPSA) is 66.4 Å². The lowest BCUT2D eigenvalue weighted by atomic mass is 10.2. The van der Waals surface area contributed by atoms with Crippen molar-refractivity contribution in [1.29, 1.82) is 0 Å². The SMILES string of the molecule is O=Cc1cc(Br)ccc1O[P+](=O)[O-]. The summed E-state index contributed by atoms with van der Waals surface area (Å²) >= 11 is 3.14. The van der Waals surface area contributed by atoms with Gasteiger partial charge in [0.05, 0.1) is 5.56 Å². The van der Waals surface area contributed by atoms with Crippen molar-refractivity contribution in [2.24, 2.45) is 0 Å². The van der Waals surface area contributed by atoms with Crippen LogP contribution in [-0.2, 0) is 4.57 Å². The number of rotatable bonds is 3. The van der Waals surface area contributed by atoms with Crippen molar-refractivity contribution in [2.75, 3.05) is 0 Å². The van der Waals surface area contributed by atoms with Crippen molar-refractivity contribution in [3.8, 4) is 5.75 Å². The Morgan fingerprint density at radius 3 is 2.77 bits per heavy atom. The van der Waals surface area contributed by atoms with Gasteiger partial charge in [0.15, 0.2) is 12.0 Å². The molecule has 0 spiro atoms. The minimum atomic E-state index is -2.98. The largest absolute Gasteiger partial charge is 0.558 e. The lowest BCUT2D eigenvalue weighted by Gasteiger charge is -1.98. The second-order valence-corrected chi connectivity index (χ2v) is 3.66. The van der Waals surface area contributed by atoms with Crippen LogP contribution >= 0.6 is 24.2 Å². The lowest BCUT2D eigenvalue weighted by Crippen LogP contribution is -1.95. The molecule has 13 heavy (non-hydrogen) atoms. The molecule has 0 aromatic heterocycles. The smallest absolute Gasteiger partial charge is 0.539 e. The maximum absolute atomic E-state index is 10.5. The molecule has 4 nitrogen and oxygen atoms in total. The van der Waals surface area contributed by atoms with E-state index in [1.54, 1.807) is 6.07 Å². The monoisotopic (exact) mass is 262 g/mol. The van der Waals surface area contributed by atoms with Gasteiger partial charge in [-0.25, -0.2) is 0 Å². The molecule has 0 fully saturated rings. The fraction of sp³-hybridized carbons (Fsp3) is 0. The van der Waals surface area contributed by atoms with Crippen LogP contribution in [0.15, 0.2) is 22.7 Å². The lowest BCUT2D eigenvalue weighted by molar-refractivity contribution is -0.178. The van der Waals surface area contributed by atoms with Crippen LogP contribution in [0.25, 0.3) is 0 Å². The first-order valence-corrected chi connectivity index (χ1v) is 5.09. The third kappa shape index (κ3) is 2.88. The van der Waals surface area contributed by atoms with Gasteiger partial charge in [-0.2, -0.15) is 0 Å². The number of benzene rings is 1. The van der Waals surface area contributed by atoms with Gasteiger partial charge in [-0.1, -0.05) is 15.9 Å². The number of aldehydes is 1. The zero-order chi connectivity index (χ0) is 9.84. The number of hydrogen-bond acceptors (Lipinski definition) is 4. The molecule has 0 amide bonds. The van der Waals surface area contributed by atoms with Crippen LogP contribution < -0.4 is 9.42 Å². The first-order valence-electron chi connectivity index (χ1n) is 3.20. The highest BCUT2D eigenvalue weighted by Crippen LogP contribution is 2.26. The summed E-state index contributed by atoms with van der Waals surface area (Å²) in [6.45, 7) is 0. The summed E-state index contributed by atoms with van der Waals surface area (Å²) in [5.74, 6) is 0.0364. The van der Waals surface area contributed by atoms with Gasteiger partial charge < -0.3 is 4.89 Å². The van der Waals surface area contributed by atoms with Crippen molar-refractivity contribution in [3.63, 3.8) is 0 Å². The van der Waals surface area contributed by atoms with Crippen LogP contribution in [0.3, 0.4) is 0 Å². The van der Waals surface area contributed by atoms with Gasteiger partial charge in [0.25, 0.3) is 0 Å². The molecule has 0 radical (unpaired) electrons. The van der Waals surface area contributed by atoms with E-state index < -0.39 is 8.25 Å². The molecule has 1 unspecified atom stereocenters. The maximum Gasteiger partial charge on any atom is 0.539 e. The summed E-state index contributed by atoms with van der Waals surface area (Å²) in [5.41, 5.74) is 0.188. The Morgan fingerprint density at radius 1 is 1.54 bits per heavy atom. The van der Waals surface area contributed by atoms with E-state index in [1.165, 1.54) is 12.1 Å². The number of hydrogen-bond donors (Lipinski definition) is 0. The van der Waals surface area contributed by atoms with Crippen molar-refractivity contribution in [3.05, 3.63) is 28.2 Å². The maximum atomic E-state index is 10.5. The van der Waals surface area contributed by atoms with Crippen molar-refractivity contribution < 1.29 is 18.8 Å². The van der Waals surface area contributed by atoms with Gasteiger partial charge in [0, 0.05) is 4.47 Å². The van der Waals surface area contributed by atoms with Gasteiger partial charge in [-0.15, -0.1) is 0 Å². The molecule has 0 N–H and O–H groups in total. The summed E-state index contributed by atoms with van der Waals surface area (Å²) < 4.78 is 15.3. The standard InChI is InChI=1S/C7H4BrO4P/c8-6-1-2-7(12-13(10)11)5(3-6)4-9/h1-4H. The molecule has 0 saturated carbocycles. The third-order valence-corrected chi connectivity index (χ3v) is 2.11. The molecule has 6 heteroatoms. The van der Waals surface area contributed by atoms with E-state index in [0.29, 0.717) is 10.8 Å². The molecule has 1 atom stereocenters. The van der Waals surface area contributed by atoms with Crippen LogP contribution in [-0.4, -0.2) is 6.29 Å². The zero-order valence-corrected chi connectivity index (χ0v) is 8.75. The van der Waals surface area contributed by atoms with Crippen LogP contribution in [0.4, 0.5) is 0 Å². The minimum absolute atomic E-state index is 0.0364. The molecule has 1 rings (SSSR count). The average Bonchev–Trinajstić information content (AvgIpc) is 2.07. The summed E-state index contributed by atoms with van der Waals surface area (Å²) in [5, 5.41) is 0. The van der Waals surface area contributed by atoms with Gasteiger partial charge in [-0.05, 0) is 22.8 Å². The van der Waals surface area contributed by atoms with E-state index in [4.69, 9.17) is 0 Å². The van der Waals surface area contributed by atoms with Crippen molar-refractivity contribution in [1.82, 2.24) is 0 Å². The number of carbonyl (C=O) groups excluding carboxylic acids is 1. The normalized spacial score (nSPS) is 10.8. The molecular formula is C7H4BrO4P. The molecule has 0 aliphatic heterocycles. The van der Waals surface area contributed by atoms with Crippen LogP contribution in [0.2, 0.25) is 0 Å². The van der Waals surface area contributed by atoms with E-state index in [1.807, 2.05) is 0 Å². The molecule has 0 bridgehead atoms. The van der Waals surface area contributed by atoms with E-state index in [9.17, 15) is 14.3 Å². The predicted molar refractivity (Wildman–Crippen MR) is 47.8 cm³/mol. The predicted octanol–water partition coefficient (Wildman–Crippen LogP) is 1.66. The second kappa shape index (κ2) is 4.46. The second-order valence-electron chi connectivity index (χ2n) is 2.11. The molecule has 0 heterocycles. The highest BCUT2D eigenvalue weighted by molar-refractivity contribution is 9.10. The highest BCUT2D eigenvalue weighted by Gasteiger charge is 2.10. The average molecular weight is 263 g/mol. The summed E-state index contributed by atoms with van der Waals surface area (Å²) in [6, 6.07) is 4.46. The third-order valence-electron chi connectivity index (χ3n) is 1.27. The number of carbonyl (C=O) groups is 1. The summed E-state index contributed by atoms with van der Waals surface area (Å²) in [6.07, 6.45) is 0.527. The Labute approximate surface area is 83.6 Å². The van der Waals surface area contributed by atoms with E-state index >= 15 is 0 Å². The van der Waals surface area contributed by atoms with E-state index in [2.05, 4.69) is 20.5 Å². The fourth-order valence-electron chi connectivity index (χ4n) is 0.775. The first-order chi connectivity index (χ1) is 6.13. The first kappa shape index (κ1) is 10.3. The van der Waals surface area contributed by atoms with Gasteiger partial charge in [0.1, 0.15) is 0 Å². The molecule has 0 aliphatic rings. The Kier molecular flexibility index (Phi) is 3.54. The Hall–Kier alpha value is -0.770. The Morgan fingerprint density at radius 2 is 2.23 bits per heavy atom. The van der Waals surface area contributed by atoms with Crippen LogP contribution in [0.5, 0.6) is 5.75 Å². The van der Waals surface area contributed by atoms with Gasteiger partial charge in [0.2, 0.25) is 0 Å². The van der Waals surface area contributed by atoms with Gasteiger partial charge >= 0.3 is 8.25 Å². The number of halogens is 1. The van der Waals surface area contributed by atoms with E-state index in [0.717, 1.165) is 0 Å². The van der Waals surface area contributed by atoms with Crippen LogP contribution in [0.1, 0.15) is 10.4 Å². The molecule has 0 aliphatic carbocycles. The summed E-state index contributed by atoms with van der Waals surface area (Å²) in [7, 11) is -2.98. The Bertz CT molecular complexity index is 352. The van der Waals surface area contributed by atoms with Crippen molar-refractivity contribution in [2.45, 2.75) is 0 Å².